The van der Waals surface area contributed by atoms with Crippen molar-refractivity contribution < 1.29 is 17.9 Å². The Morgan fingerprint density at radius 1 is 1.15 bits per heavy atom. The van der Waals surface area contributed by atoms with E-state index in [0.717, 1.165) is 5.56 Å². The molecular formula is C18H29N3O4S. The molecule has 1 aromatic carbocycles. The third kappa shape index (κ3) is 6.05. The Kier molecular flexibility index (Phi) is 7.57. The number of hydrogen-bond donors (Lipinski definition) is 1. The van der Waals surface area contributed by atoms with Crippen molar-refractivity contribution in [1.82, 2.24) is 9.21 Å². The highest BCUT2D eigenvalue weighted by atomic mass is 32.2. The summed E-state index contributed by atoms with van der Waals surface area (Å²) in [7, 11) is -3.35. The summed E-state index contributed by atoms with van der Waals surface area (Å²) >= 11 is 0. The van der Waals surface area contributed by atoms with Gasteiger partial charge < -0.3 is 15.4 Å². The summed E-state index contributed by atoms with van der Waals surface area (Å²) in [6, 6.07) is 9.16. The number of amides is 1. The van der Waals surface area contributed by atoms with Gasteiger partial charge in [-0.1, -0.05) is 30.3 Å². The molecule has 0 spiro atoms. The SMILES string of the molecule is CC(C)OCCS(=O)(=O)N1CCN(C(=O)CC(N)c2ccccc2)CC1. The van der Waals surface area contributed by atoms with Crippen LogP contribution in [-0.2, 0) is 19.6 Å². The minimum atomic E-state index is -3.35. The fourth-order valence-corrected chi connectivity index (χ4v) is 4.15. The molecule has 1 fully saturated rings. The van der Waals surface area contributed by atoms with Gasteiger partial charge in [0, 0.05) is 38.6 Å². The van der Waals surface area contributed by atoms with Gasteiger partial charge in [-0.25, -0.2) is 8.42 Å². The van der Waals surface area contributed by atoms with Crippen LogP contribution in [0.5, 0.6) is 0 Å². The van der Waals surface area contributed by atoms with Gasteiger partial charge in [0.05, 0.1) is 18.5 Å². The topological polar surface area (TPSA) is 92.9 Å². The van der Waals surface area contributed by atoms with Crippen LogP contribution in [0.1, 0.15) is 31.9 Å². The second kappa shape index (κ2) is 9.45. The van der Waals surface area contributed by atoms with Crippen molar-refractivity contribution in [2.75, 3.05) is 38.5 Å². The molecule has 1 aliphatic rings. The summed E-state index contributed by atoms with van der Waals surface area (Å²) in [5, 5.41) is 0. The maximum absolute atomic E-state index is 12.4. The number of ether oxygens (including phenoxy) is 1. The lowest BCUT2D eigenvalue weighted by atomic mass is 10.0. The molecule has 1 unspecified atom stereocenters. The molecule has 1 heterocycles. The minimum absolute atomic E-state index is 0.00786. The van der Waals surface area contributed by atoms with Crippen molar-refractivity contribution in [3.05, 3.63) is 35.9 Å². The van der Waals surface area contributed by atoms with Crippen molar-refractivity contribution in [2.24, 2.45) is 5.73 Å². The van der Waals surface area contributed by atoms with Crippen molar-refractivity contribution in [3.63, 3.8) is 0 Å². The average Bonchev–Trinajstić information content (AvgIpc) is 2.62. The predicted octanol–water partition coefficient (Wildman–Crippen LogP) is 0.976. The molecule has 0 aliphatic carbocycles. The fraction of sp³-hybridized carbons (Fsp3) is 0.611. The van der Waals surface area contributed by atoms with Crippen molar-refractivity contribution in [3.8, 4) is 0 Å². The quantitative estimate of drug-likeness (QED) is 0.722. The fourth-order valence-electron chi connectivity index (χ4n) is 2.87. The van der Waals surface area contributed by atoms with Gasteiger partial charge in [-0.2, -0.15) is 4.31 Å². The normalized spacial score (nSPS) is 17.5. The third-order valence-electron chi connectivity index (χ3n) is 4.40. The zero-order valence-electron chi connectivity index (χ0n) is 15.5. The van der Waals surface area contributed by atoms with Crippen LogP contribution >= 0.6 is 0 Å². The Bertz CT molecular complexity index is 671. The largest absolute Gasteiger partial charge is 0.378 e. The zero-order chi connectivity index (χ0) is 19.2. The van der Waals surface area contributed by atoms with Crippen LogP contribution in [0.15, 0.2) is 30.3 Å². The Morgan fingerprint density at radius 2 is 1.77 bits per heavy atom. The van der Waals surface area contributed by atoms with Crippen molar-refractivity contribution in [1.29, 1.82) is 0 Å². The standard InChI is InChI=1S/C18H29N3O4S/c1-15(2)25-12-13-26(23,24)21-10-8-20(9-11-21)18(22)14-17(19)16-6-4-3-5-7-16/h3-7,15,17H,8-14,19H2,1-2H3. The molecule has 2 N–H and O–H groups in total. The van der Waals surface area contributed by atoms with Crippen molar-refractivity contribution in [2.45, 2.75) is 32.4 Å². The summed E-state index contributed by atoms with van der Waals surface area (Å²) in [6.45, 7) is 5.35. The van der Waals surface area contributed by atoms with E-state index in [1.807, 2.05) is 44.2 Å². The first kappa shape index (κ1) is 20.8. The highest BCUT2D eigenvalue weighted by molar-refractivity contribution is 7.89. The Hall–Kier alpha value is -1.48. The number of carbonyl (C=O) groups is 1. The average molecular weight is 384 g/mol. The Balaban J connectivity index is 1.81. The smallest absolute Gasteiger partial charge is 0.224 e. The molecule has 1 amide bonds. The van der Waals surface area contributed by atoms with Gasteiger partial charge in [0.1, 0.15) is 0 Å². The molecule has 1 atom stereocenters. The van der Waals surface area contributed by atoms with E-state index in [2.05, 4.69) is 0 Å². The van der Waals surface area contributed by atoms with Gasteiger partial charge >= 0.3 is 0 Å². The molecule has 1 saturated heterocycles. The van der Waals surface area contributed by atoms with Crippen LogP contribution in [-0.4, -0.2) is 68.2 Å². The van der Waals surface area contributed by atoms with E-state index in [-0.39, 0.29) is 36.8 Å². The summed E-state index contributed by atoms with van der Waals surface area (Å²) in [5.41, 5.74) is 7.03. The van der Waals surface area contributed by atoms with Crippen LogP contribution in [0, 0.1) is 0 Å². The van der Waals surface area contributed by atoms with E-state index in [0.29, 0.717) is 26.2 Å². The van der Waals surface area contributed by atoms with Gasteiger partial charge in [0.2, 0.25) is 15.9 Å². The first-order valence-corrected chi connectivity index (χ1v) is 10.6. The molecule has 0 aromatic heterocycles. The first-order chi connectivity index (χ1) is 12.3. The van der Waals surface area contributed by atoms with Gasteiger partial charge in [0.15, 0.2) is 0 Å². The second-order valence-corrected chi connectivity index (χ2v) is 8.83. The number of rotatable bonds is 8. The number of piperazine rings is 1. The van der Waals surface area contributed by atoms with E-state index in [4.69, 9.17) is 10.5 Å². The van der Waals surface area contributed by atoms with E-state index < -0.39 is 10.0 Å². The molecule has 26 heavy (non-hydrogen) atoms. The van der Waals surface area contributed by atoms with E-state index in [9.17, 15) is 13.2 Å². The van der Waals surface area contributed by atoms with Crippen LogP contribution < -0.4 is 5.73 Å². The lowest BCUT2D eigenvalue weighted by Crippen LogP contribution is -2.51. The van der Waals surface area contributed by atoms with Gasteiger partial charge in [-0.15, -0.1) is 0 Å². The Labute approximate surface area is 156 Å². The summed E-state index contributed by atoms with van der Waals surface area (Å²) in [5.74, 6) is -0.0700. The third-order valence-corrected chi connectivity index (χ3v) is 6.23. The van der Waals surface area contributed by atoms with Crippen LogP contribution in [0.3, 0.4) is 0 Å². The minimum Gasteiger partial charge on any atom is -0.378 e. The molecule has 0 saturated carbocycles. The number of hydrogen-bond acceptors (Lipinski definition) is 5. The molecule has 7 nitrogen and oxygen atoms in total. The first-order valence-electron chi connectivity index (χ1n) is 8.97. The molecule has 146 valence electrons. The number of carbonyl (C=O) groups excluding carboxylic acids is 1. The lowest BCUT2D eigenvalue weighted by molar-refractivity contribution is -0.132. The molecular weight excluding hydrogens is 354 g/mol. The molecule has 2 rings (SSSR count). The molecule has 1 aliphatic heterocycles. The molecule has 0 radical (unpaired) electrons. The van der Waals surface area contributed by atoms with Crippen LogP contribution in [0.25, 0.3) is 0 Å². The van der Waals surface area contributed by atoms with Crippen LogP contribution in [0.2, 0.25) is 0 Å². The predicted molar refractivity (Wildman–Crippen MR) is 101 cm³/mol. The summed E-state index contributed by atoms with van der Waals surface area (Å²) in [4.78, 5) is 14.1. The summed E-state index contributed by atoms with van der Waals surface area (Å²) < 4.78 is 31.4. The van der Waals surface area contributed by atoms with E-state index in [1.165, 1.54) is 4.31 Å². The summed E-state index contributed by atoms with van der Waals surface area (Å²) in [6.07, 6.45) is 0.229. The molecule has 1 aromatic rings. The second-order valence-electron chi connectivity index (χ2n) is 6.74. The number of sulfonamides is 1. The maximum atomic E-state index is 12.4. The highest BCUT2D eigenvalue weighted by Crippen LogP contribution is 2.16. The van der Waals surface area contributed by atoms with E-state index >= 15 is 0 Å². The number of nitrogens with zero attached hydrogens (tertiary/aromatic N) is 2. The van der Waals surface area contributed by atoms with E-state index in [1.54, 1.807) is 4.90 Å². The van der Waals surface area contributed by atoms with Gasteiger partial charge in [-0.05, 0) is 19.4 Å². The van der Waals surface area contributed by atoms with Crippen molar-refractivity contribution >= 4 is 15.9 Å². The number of benzene rings is 1. The molecule has 0 bridgehead atoms. The lowest BCUT2D eigenvalue weighted by Gasteiger charge is -2.34. The number of nitrogens with two attached hydrogens (primary N) is 1. The van der Waals surface area contributed by atoms with Crippen LogP contribution in [0.4, 0.5) is 0 Å². The Morgan fingerprint density at radius 3 is 2.35 bits per heavy atom. The zero-order valence-corrected chi connectivity index (χ0v) is 16.3. The van der Waals surface area contributed by atoms with Gasteiger partial charge in [0.25, 0.3) is 0 Å². The molecule has 8 heteroatoms. The van der Waals surface area contributed by atoms with Gasteiger partial charge in [-0.3, -0.25) is 4.79 Å². The monoisotopic (exact) mass is 383 g/mol. The maximum Gasteiger partial charge on any atom is 0.224 e. The highest BCUT2D eigenvalue weighted by Gasteiger charge is 2.29.